The van der Waals surface area contributed by atoms with Gasteiger partial charge in [-0.2, -0.15) is 0 Å². The lowest BCUT2D eigenvalue weighted by molar-refractivity contribution is -0.126. The highest BCUT2D eigenvalue weighted by Crippen LogP contribution is 2.55. The predicted octanol–water partition coefficient (Wildman–Crippen LogP) is 15.4. The molecule has 0 bridgehead atoms. The Labute approximate surface area is 670 Å². The first-order chi connectivity index (χ1) is 52.7. The molecule has 3 aromatic heterocycles. The van der Waals surface area contributed by atoms with Crippen molar-refractivity contribution in [3.63, 3.8) is 0 Å². The van der Waals surface area contributed by atoms with Crippen molar-refractivity contribution in [3.8, 4) is 17.2 Å². The number of carbonyl (C=O) groups is 3. The van der Waals surface area contributed by atoms with Crippen LogP contribution in [0.25, 0.3) is 0 Å². The first kappa shape index (κ1) is 92.8. The van der Waals surface area contributed by atoms with E-state index in [4.69, 9.17) is 65.1 Å². The molecular formula is C78H118N8O21P2S3. The molecule has 3 aliphatic heterocycles. The summed E-state index contributed by atoms with van der Waals surface area (Å²) in [7, 11) is -7.21. The van der Waals surface area contributed by atoms with Crippen molar-refractivity contribution >= 4 is 95.0 Å². The molecule has 0 spiro atoms. The summed E-state index contributed by atoms with van der Waals surface area (Å²) in [5, 5.41) is 19.4. The molecule has 9 rings (SSSR count). The van der Waals surface area contributed by atoms with Gasteiger partial charge >= 0.3 is 32.3 Å². The first-order valence-corrected chi connectivity index (χ1v) is 45.2. The number of phosphoric ester groups is 1. The normalized spacial score (nSPS) is 21.2. The number of nitrogens with zero attached hydrogens (tertiary/aromatic N) is 5. The van der Waals surface area contributed by atoms with Gasteiger partial charge in [0.15, 0.2) is 0 Å². The van der Waals surface area contributed by atoms with Gasteiger partial charge in [-0.05, 0) is 190 Å². The molecule has 0 radical (unpaired) electrons. The van der Waals surface area contributed by atoms with E-state index in [2.05, 4.69) is 42.8 Å². The van der Waals surface area contributed by atoms with Gasteiger partial charge in [0.2, 0.25) is 17.7 Å². The number of ether oxygens (including phenoxy) is 3. The Bertz CT molecular complexity index is 4110. The first-order valence-electron chi connectivity index (χ1n) is 38.7. The van der Waals surface area contributed by atoms with Crippen LogP contribution in [-0.4, -0.2) is 147 Å². The highest BCUT2D eigenvalue weighted by molar-refractivity contribution is 8.16. The maximum absolute atomic E-state index is 13.5. The van der Waals surface area contributed by atoms with Crippen LogP contribution in [0.1, 0.15) is 242 Å². The van der Waals surface area contributed by atoms with Crippen LogP contribution < -0.4 is 47.0 Å². The molecule has 1 unspecified atom stereocenters. The second-order valence-corrected chi connectivity index (χ2v) is 38.0. The van der Waals surface area contributed by atoms with Crippen molar-refractivity contribution < 1.29 is 83.6 Å². The molecule has 3 aromatic rings. The molecule has 0 saturated heterocycles. The average Bonchev–Trinajstić information content (AvgIpc) is 1.61. The molecule has 29 nitrogen and oxygen atoms in total. The van der Waals surface area contributed by atoms with Gasteiger partial charge < -0.3 is 62.5 Å². The number of oxime groups is 2. The minimum Gasteiger partial charge on any atom is -0.493 e. The Balaban J connectivity index is 0.000000240. The summed E-state index contributed by atoms with van der Waals surface area (Å²) in [6.07, 6.45) is 13.4. The zero-order valence-corrected chi connectivity index (χ0v) is 72.2. The molecule has 4 N–H and O–H groups in total. The Morgan fingerprint density at radius 1 is 0.536 bits per heavy atom. The number of carbonyl (C=O) groups excluding carboxylic acids is 3. The number of aliphatic imine (C=N–C) groups is 3. The smallest absolute Gasteiger partial charge is 0.475 e. The molecule has 34 heteroatoms. The van der Waals surface area contributed by atoms with Gasteiger partial charge in [0.05, 0.1) is 85.6 Å². The van der Waals surface area contributed by atoms with Crippen molar-refractivity contribution in [2.24, 2.45) is 43.0 Å². The fourth-order valence-electron chi connectivity index (χ4n) is 10.8. The van der Waals surface area contributed by atoms with Crippen molar-refractivity contribution in [2.75, 3.05) is 70.2 Å². The van der Waals surface area contributed by atoms with Crippen molar-refractivity contribution in [2.45, 2.75) is 253 Å². The molecule has 112 heavy (non-hydrogen) atoms. The molecule has 6 aliphatic rings. The van der Waals surface area contributed by atoms with Crippen LogP contribution in [0, 0.1) is 17.8 Å². The van der Waals surface area contributed by atoms with Crippen LogP contribution in [-0.2, 0) is 51.3 Å². The third-order valence-electron chi connectivity index (χ3n) is 17.5. The van der Waals surface area contributed by atoms with E-state index < -0.39 is 78.2 Å². The average molecular weight is 1660 g/mol. The fourth-order valence-corrected chi connectivity index (χ4v) is 16.5. The zero-order chi connectivity index (χ0) is 82.2. The minimum atomic E-state index is -3.75. The number of hydrogen-bond donors (Lipinski definition) is 4. The Morgan fingerprint density at radius 2 is 0.839 bits per heavy atom. The van der Waals surface area contributed by atoms with E-state index in [1.807, 2.05) is 34.6 Å². The Hall–Kier alpha value is -6.34. The number of rotatable bonds is 43. The number of phosphoric acid groups is 1. The van der Waals surface area contributed by atoms with Gasteiger partial charge in [-0.25, -0.2) is 18.9 Å². The Morgan fingerprint density at radius 3 is 1.12 bits per heavy atom. The van der Waals surface area contributed by atoms with E-state index in [1.165, 1.54) is 66.3 Å². The molecular weight excluding hydrogens is 1540 g/mol. The zero-order valence-electron chi connectivity index (χ0n) is 68.0. The van der Waals surface area contributed by atoms with Crippen LogP contribution in [0.4, 0.5) is 0 Å². The third kappa shape index (κ3) is 32.4. The maximum atomic E-state index is 13.5. The summed E-state index contributed by atoms with van der Waals surface area (Å²) in [6.45, 7) is 35.4. The van der Waals surface area contributed by atoms with Gasteiger partial charge in [-0.15, -0.1) is 35.3 Å². The van der Waals surface area contributed by atoms with Crippen LogP contribution in [0.5, 0.6) is 17.2 Å². The standard InChI is InChI=1S/C32H52N3O9PS.C25H38N3O8PS.C21H28N2O4S/c1-10-13-25(26-18-24(19-27(36)42-26)39-20-23-14-15-23)33-29(37)32(9)21-46-28(34-32)22(2)35-40-16-11-12-17-41-45(38,43-30(3,4)5)44-31(6,7)8;1-5-8-20(21-13-19(14-22(29)36-21)33-15-18-9-10-18)26-24(30)25(3)16-38-23(27-25)17(2)28-34-11-6-7-12-35-37(4,31)32;1-5-6-16(22-20(25)21(4)12-28-19(23-21)13(2)3)17-9-15(10-18(24)27-17)26-11-14-7-8-14/h18-19,23,25H,10-17,20-21H2,1-9H3,(H,33,37);13-14,18,20H,5-12,15-16H2,1-4H3,(H,26,30)(H,31,32);9-10,14,16H,2,5-8,11-12H2,1,3-4H3,(H,22,25)/b35-22+;28-17+;/t25-,32+;20-,25+;16-,21+/m111/s1. The minimum absolute atomic E-state index is 0.172. The topological polar surface area (TPSA) is 377 Å². The highest BCUT2D eigenvalue weighted by Gasteiger charge is 2.44. The lowest BCUT2D eigenvalue weighted by Crippen LogP contribution is -2.45. The molecule has 624 valence electrons. The molecule has 3 aliphatic carbocycles. The van der Waals surface area contributed by atoms with Gasteiger partial charge in [0.25, 0.3) is 0 Å². The van der Waals surface area contributed by atoms with E-state index in [1.54, 1.807) is 87.4 Å². The monoisotopic (exact) mass is 1660 g/mol. The molecule has 6 heterocycles. The van der Waals surface area contributed by atoms with Crippen molar-refractivity contribution in [3.05, 3.63) is 97.1 Å². The van der Waals surface area contributed by atoms with E-state index in [0.29, 0.717) is 169 Å². The second kappa shape index (κ2) is 42.5. The number of unbranched alkanes of at least 4 members (excludes halogenated alkanes) is 2. The molecule has 7 atom stereocenters. The molecule has 3 amide bonds. The number of thioether (sulfide) groups is 3. The summed E-state index contributed by atoms with van der Waals surface area (Å²) < 4.78 is 79.5. The van der Waals surface area contributed by atoms with Crippen LogP contribution in [0.2, 0.25) is 0 Å². The summed E-state index contributed by atoms with van der Waals surface area (Å²) in [5.41, 5.74) is -3.79. The van der Waals surface area contributed by atoms with E-state index in [0.717, 1.165) is 62.2 Å². The highest BCUT2D eigenvalue weighted by atomic mass is 32.2. The lowest BCUT2D eigenvalue weighted by atomic mass is 10.0. The maximum Gasteiger partial charge on any atom is 0.475 e. The number of hydrogen-bond acceptors (Lipinski definition) is 28. The van der Waals surface area contributed by atoms with Crippen LogP contribution in [0.3, 0.4) is 0 Å². The van der Waals surface area contributed by atoms with E-state index in [-0.39, 0.29) is 30.9 Å². The lowest BCUT2D eigenvalue weighted by Gasteiger charge is -2.30. The van der Waals surface area contributed by atoms with Crippen molar-refractivity contribution in [1.29, 1.82) is 0 Å². The molecule has 3 fully saturated rings. The van der Waals surface area contributed by atoms with Gasteiger partial charge in [0.1, 0.15) is 85.9 Å². The van der Waals surface area contributed by atoms with E-state index in [9.17, 15) is 37.9 Å². The van der Waals surface area contributed by atoms with E-state index >= 15 is 0 Å². The fraction of sp³-hybridized carbons (Fsp3) is 0.679. The SMILES string of the molecule is C=C(C)C1=N[C@](C)(C(=O)N[C@H](CCC)c2cc(OCC3CC3)cc(=O)o2)CS1.CCC[C@@H](NC(=O)[C@]1(C)CSC(/C(C)=N/OCCCCOP(=O)(OC(C)(C)C)OC(C)(C)C)=N1)c1cc(OCC2CC2)cc(=O)o1.CCC[C@@H](NC(=O)[C@]1(C)CSC(/C(C)=N/OCCCCOP(C)(=O)O)=N1)c1cc(OCC2CC2)cc(=O)o1. The van der Waals surface area contributed by atoms with Gasteiger partial charge in [-0.1, -0.05) is 56.9 Å². The summed E-state index contributed by atoms with van der Waals surface area (Å²) >= 11 is 4.39. The molecule has 3 saturated carbocycles. The van der Waals surface area contributed by atoms with Crippen LogP contribution >= 0.6 is 50.7 Å². The number of nitrogens with one attached hydrogen (secondary N) is 3. The summed E-state index contributed by atoms with van der Waals surface area (Å²) in [5.74, 6) is 4.97. The summed E-state index contributed by atoms with van der Waals surface area (Å²) in [4.78, 5) is 110. The van der Waals surface area contributed by atoms with Crippen LogP contribution in [0.15, 0.2) is 101 Å². The second-order valence-electron chi connectivity index (χ2n) is 31.7. The summed E-state index contributed by atoms with van der Waals surface area (Å²) in [6, 6.07) is 7.75. The number of amides is 3. The predicted molar refractivity (Wildman–Crippen MR) is 440 cm³/mol. The molecule has 0 aromatic carbocycles. The van der Waals surface area contributed by atoms with Gasteiger partial charge in [-0.3, -0.25) is 47.5 Å². The van der Waals surface area contributed by atoms with Gasteiger partial charge in [0, 0.05) is 42.1 Å². The van der Waals surface area contributed by atoms with Crippen molar-refractivity contribution in [1.82, 2.24) is 16.0 Å². The largest absolute Gasteiger partial charge is 0.493 e. The third-order valence-corrected chi connectivity index (χ3v) is 24.4. The quantitative estimate of drug-likeness (QED) is 0.0177. The Kier molecular flexibility index (Phi) is 35.2.